The van der Waals surface area contributed by atoms with Gasteiger partial charge < -0.3 is 0 Å². The van der Waals surface area contributed by atoms with Crippen LogP contribution in [-0.4, -0.2) is 13.7 Å². The zero-order chi connectivity index (χ0) is 16.8. The van der Waals surface area contributed by atoms with Crippen molar-refractivity contribution in [3.05, 3.63) is 65.2 Å². The summed E-state index contributed by atoms with van der Waals surface area (Å²) >= 11 is 0. The largest absolute Gasteiger partial charge is 0.223 e. The average molecular weight is 328 g/mol. The van der Waals surface area contributed by atoms with Crippen LogP contribution in [0.5, 0.6) is 0 Å². The molecule has 0 aromatic heterocycles. The SMILES string of the molecule is Cc1ccc(S(=O)(=O)C2CC2c2ccc(C(C)(C)C)cc2)cc1. The summed E-state index contributed by atoms with van der Waals surface area (Å²) in [4.78, 5) is 0.446. The van der Waals surface area contributed by atoms with Gasteiger partial charge in [-0.2, -0.15) is 0 Å². The molecular weight excluding hydrogens is 304 g/mol. The number of hydrogen-bond donors (Lipinski definition) is 0. The summed E-state index contributed by atoms with van der Waals surface area (Å²) in [6, 6.07) is 15.6. The Labute approximate surface area is 139 Å². The van der Waals surface area contributed by atoms with E-state index in [0.717, 1.165) is 17.5 Å². The zero-order valence-electron chi connectivity index (χ0n) is 14.2. The molecule has 2 unspecified atom stereocenters. The predicted molar refractivity (Wildman–Crippen MR) is 94.7 cm³/mol. The van der Waals surface area contributed by atoms with Gasteiger partial charge in [-0.05, 0) is 42.0 Å². The summed E-state index contributed by atoms with van der Waals surface area (Å²) in [5.41, 5.74) is 3.61. The number of hydrogen-bond acceptors (Lipinski definition) is 2. The molecule has 0 aliphatic heterocycles. The van der Waals surface area contributed by atoms with Crippen molar-refractivity contribution in [3.8, 4) is 0 Å². The molecule has 2 aromatic rings. The van der Waals surface area contributed by atoms with E-state index in [1.54, 1.807) is 12.1 Å². The summed E-state index contributed by atoms with van der Waals surface area (Å²) in [5, 5.41) is -0.273. The van der Waals surface area contributed by atoms with Gasteiger partial charge in [0.1, 0.15) is 0 Å². The van der Waals surface area contributed by atoms with Gasteiger partial charge in [0.15, 0.2) is 9.84 Å². The molecule has 0 radical (unpaired) electrons. The first-order chi connectivity index (χ1) is 10.7. The smallest absolute Gasteiger partial charge is 0.181 e. The Bertz CT molecular complexity index is 794. The molecule has 1 fully saturated rings. The van der Waals surface area contributed by atoms with Gasteiger partial charge in [0.2, 0.25) is 0 Å². The molecule has 23 heavy (non-hydrogen) atoms. The van der Waals surface area contributed by atoms with E-state index in [1.165, 1.54) is 5.56 Å². The molecule has 3 rings (SSSR count). The van der Waals surface area contributed by atoms with Crippen LogP contribution in [0.25, 0.3) is 0 Å². The minimum Gasteiger partial charge on any atom is -0.223 e. The second-order valence-corrected chi connectivity index (χ2v) is 9.78. The summed E-state index contributed by atoms with van der Waals surface area (Å²) in [6.07, 6.45) is 0.727. The molecule has 0 saturated heterocycles. The summed E-state index contributed by atoms with van der Waals surface area (Å²) in [6.45, 7) is 8.52. The van der Waals surface area contributed by atoms with Gasteiger partial charge in [-0.15, -0.1) is 0 Å². The zero-order valence-corrected chi connectivity index (χ0v) is 15.0. The van der Waals surface area contributed by atoms with Crippen molar-refractivity contribution >= 4 is 9.84 Å². The number of benzene rings is 2. The molecule has 0 amide bonds. The minimum atomic E-state index is -3.22. The highest BCUT2D eigenvalue weighted by atomic mass is 32.2. The molecule has 2 aromatic carbocycles. The van der Waals surface area contributed by atoms with Gasteiger partial charge in [0, 0.05) is 5.92 Å². The maximum Gasteiger partial charge on any atom is 0.181 e. The van der Waals surface area contributed by atoms with Crippen LogP contribution in [0.1, 0.15) is 49.8 Å². The Kier molecular flexibility index (Phi) is 3.88. The second kappa shape index (κ2) is 5.48. The molecule has 1 aliphatic rings. The highest BCUT2D eigenvalue weighted by Crippen LogP contribution is 2.48. The first kappa shape index (κ1) is 16.3. The average Bonchev–Trinajstić information content (AvgIpc) is 3.28. The highest BCUT2D eigenvalue weighted by Gasteiger charge is 2.48. The van der Waals surface area contributed by atoms with Crippen molar-refractivity contribution in [1.29, 1.82) is 0 Å². The van der Waals surface area contributed by atoms with E-state index in [1.807, 2.05) is 19.1 Å². The van der Waals surface area contributed by atoms with Crippen LogP contribution in [-0.2, 0) is 15.3 Å². The second-order valence-electron chi connectivity index (χ2n) is 7.61. The lowest BCUT2D eigenvalue weighted by molar-refractivity contribution is 0.589. The number of rotatable bonds is 3. The normalized spacial score (nSPS) is 21.2. The fourth-order valence-corrected chi connectivity index (χ4v) is 4.91. The van der Waals surface area contributed by atoms with E-state index in [2.05, 4.69) is 45.0 Å². The molecule has 0 N–H and O–H groups in total. The molecule has 0 heterocycles. The van der Waals surface area contributed by atoms with E-state index in [-0.39, 0.29) is 16.6 Å². The monoisotopic (exact) mass is 328 g/mol. The third-order valence-electron chi connectivity index (χ3n) is 4.68. The summed E-state index contributed by atoms with van der Waals surface area (Å²) in [5.74, 6) is 0.135. The van der Waals surface area contributed by atoms with Crippen LogP contribution in [0.4, 0.5) is 0 Å². The summed E-state index contributed by atoms with van der Waals surface area (Å²) < 4.78 is 25.4. The topological polar surface area (TPSA) is 34.1 Å². The Morgan fingerprint density at radius 3 is 2.00 bits per heavy atom. The first-order valence-electron chi connectivity index (χ1n) is 8.10. The van der Waals surface area contributed by atoms with Crippen molar-refractivity contribution in [1.82, 2.24) is 0 Å². The van der Waals surface area contributed by atoms with Crippen molar-refractivity contribution in [2.45, 2.75) is 55.6 Å². The molecule has 122 valence electrons. The number of sulfone groups is 1. The molecule has 2 atom stereocenters. The molecule has 1 saturated carbocycles. The van der Waals surface area contributed by atoms with E-state index in [9.17, 15) is 8.42 Å². The van der Waals surface area contributed by atoms with Gasteiger partial charge in [-0.3, -0.25) is 0 Å². The molecular formula is C20H24O2S. The van der Waals surface area contributed by atoms with Crippen molar-refractivity contribution in [3.63, 3.8) is 0 Å². The van der Waals surface area contributed by atoms with E-state index < -0.39 is 9.84 Å². The Morgan fingerprint density at radius 2 is 1.48 bits per heavy atom. The minimum absolute atomic E-state index is 0.120. The van der Waals surface area contributed by atoms with Crippen LogP contribution >= 0.6 is 0 Å². The van der Waals surface area contributed by atoms with E-state index in [0.29, 0.717) is 4.90 Å². The van der Waals surface area contributed by atoms with Crippen LogP contribution in [0.3, 0.4) is 0 Å². The summed E-state index contributed by atoms with van der Waals surface area (Å²) in [7, 11) is -3.22. The third-order valence-corrected chi connectivity index (χ3v) is 6.93. The van der Waals surface area contributed by atoms with Crippen molar-refractivity contribution in [2.75, 3.05) is 0 Å². The van der Waals surface area contributed by atoms with Gasteiger partial charge in [0.05, 0.1) is 10.1 Å². The molecule has 2 nitrogen and oxygen atoms in total. The molecule has 0 spiro atoms. The maximum atomic E-state index is 12.7. The fourth-order valence-electron chi connectivity index (χ4n) is 3.00. The van der Waals surface area contributed by atoms with E-state index in [4.69, 9.17) is 0 Å². The Balaban J connectivity index is 1.80. The van der Waals surface area contributed by atoms with Gasteiger partial charge in [0.25, 0.3) is 0 Å². The van der Waals surface area contributed by atoms with Crippen LogP contribution in [0.15, 0.2) is 53.4 Å². The van der Waals surface area contributed by atoms with Crippen molar-refractivity contribution < 1.29 is 8.42 Å². The Morgan fingerprint density at radius 1 is 0.913 bits per heavy atom. The lowest BCUT2D eigenvalue weighted by atomic mass is 9.86. The van der Waals surface area contributed by atoms with Crippen molar-refractivity contribution in [2.24, 2.45) is 0 Å². The van der Waals surface area contributed by atoms with Crippen LogP contribution in [0.2, 0.25) is 0 Å². The van der Waals surface area contributed by atoms with Crippen LogP contribution < -0.4 is 0 Å². The first-order valence-corrected chi connectivity index (χ1v) is 9.65. The van der Waals surface area contributed by atoms with E-state index >= 15 is 0 Å². The highest BCUT2D eigenvalue weighted by molar-refractivity contribution is 7.92. The lowest BCUT2D eigenvalue weighted by Gasteiger charge is -2.19. The number of aryl methyl sites for hydroxylation is 1. The molecule has 0 bridgehead atoms. The maximum absolute atomic E-state index is 12.7. The fraction of sp³-hybridized carbons (Fsp3) is 0.400. The Hall–Kier alpha value is -1.61. The van der Waals surface area contributed by atoms with Gasteiger partial charge in [-0.25, -0.2) is 8.42 Å². The predicted octanol–water partition coefficient (Wildman–Crippen LogP) is 4.62. The molecule has 1 aliphatic carbocycles. The third kappa shape index (κ3) is 3.20. The van der Waals surface area contributed by atoms with Crippen LogP contribution in [0, 0.1) is 6.92 Å². The van der Waals surface area contributed by atoms with Gasteiger partial charge >= 0.3 is 0 Å². The lowest BCUT2D eigenvalue weighted by Crippen LogP contribution is -2.11. The van der Waals surface area contributed by atoms with Gasteiger partial charge in [-0.1, -0.05) is 62.7 Å². The quantitative estimate of drug-likeness (QED) is 0.823. The molecule has 3 heteroatoms. The standard InChI is InChI=1S/C20H24O2S/c1-14-5-11-17(12-6-14)23(21,22)19-13-18(19)15-7-9-16(10-8-15)20(2,3)4/h5-12,18-19H,13H2,1-4H3.